The summed E-state index contributed by atoms with van der Waals surface area (Å²) in [5, 5.41) is 7.27. The smallest absolute Gasteiger partial charge is 0.224 e. The topological polar surface area (TPSA) is 49.8 Å². The lowest BCUT2D eigenvalue weighted by Crippen LogP contribution is -2.09. The van der Waals surface area contributed by atoms with Crippen molar-refractivity contribution < 1.29 is 0 Å². The summed E-state index contributed by atoms with van der Waals surface area (Å²) in [4.78, 5) is 8.95. The van der Waals surface area contributed by atoms with Crippen LogP contribution in [0.4, 0.5) is 17.5 Å². The van der Waals surface area contributed by atoms with E-state index in [9.17, 15) is 0 Å². The highest BCUT2D eigenvalue weighted by Crippen LogP contribution is 2.19. The first-order chi connectivity index (χ1) is 11.7. The number of nitrogens with one attached hydrogen (secondary N) is 2. The van der Waals surface area contributed by atoms with Gasteiger partial charge in [-0.05, 0) is 43.2 Å². The van der Waals surface area contributed by atoms with Crippen molar-refractivity contribution >= 4 is 29.1 Å². The standard InChI is InChI=1S/C19H19ClN4/c1-14-13-18(23-17-9-7-16(20)8-10-17)24-19(22-14)21-12-11-15-5-3-2-4-6-15/h2-10,13H,11-12H2,1H3,(H2,21,22,23,24). The third-order valence-corrected chi connectivity index (χ3v) is 3.76. The van der Waals surface area contributed by atoms with Gasteiger partial charge in [0.15, 0.2) is 0 Å². The number of aromatic nitrogens is 2. The zero-order valence-corrected chi connectivity index (χ0v) is 14.2. The van der Waals surface area contributed by atoms with Crippen LogP contribution in [-0.2, 0) is 6.42 Å². The molecular formula is C19H19ClN4. The average Bonchev–Trinajstić information content (AvgIpc) is 2.57. The number of halogens is 1. The number of anilines is 3. The van der Waals surface area contributed by atoms with E-state index in [0.29, 0.717) is 11.0 Å². The summed E-state index contributed by atoms with van der Waals surface area (Å²) in [5.41, 5.74) is 3.13. The monoisotopic (exact) mass is 338 g/mol. The van der Waals surface area contributed by atoms with Crippen molar-refractivity contribution in [2.75, 3.05) is 17.2 Å². The fourth-order valence-electron chi connectivity index (χ4n) is 2.36. The molecule has 0 saturated carbocycles. The maximum Gasteiger partial charge on any atom is 0.224 e. The van der Waals surface area contributed by atoms with Gasteiger partial charge in [0, 0.05) is 29.0 Å². The van der Waals surface area contributed by atoms with Gasteiger partial charge in [-0.25, -0.2) is 4.98 Å². The summed E-state index contributed by atoms with van der Waals surface area (Å²) in [6.07, 6.45) is 0.929. The predicted octanol–water partition coefficient (Wildman–Crippen LogP) is 4.84. The molecule has 3 aromatic rings. The van der Waals surface area contributed by atoms with Gasteiger partial charge in [-0.15, -0.1) is 0 Å². The minimum atomic E-state index is 0.627. The van der Waals surface area contributed by atoms with E-state index in [2.05, 4.69) is 32.7 Å². The first-order valence-corrected chi connectivity index (χ1v) is 8.23. The van der Waals surface area contributed by atoms with Crippen molar-refractivity contribution in [2.24, 2.45) is 0 Å². The summed E-state index contributed by atoms with van der Waals surface area (Å²) in [7, 11) is 0. The second-order valence-corrected chi connectivity index (χ2v) is 5.95. The third-order valence-electron chi connectivity index (χ3n) is 3.51. The molecule has 1 aromatic heterocycles. The quantitative estimate of drug-likeness (QED) is 0.675. The Kier molecular flexibility index (Phi) is 5.29. The SMILES string of the molecule is Cc1cc(Nc2ccc(Cl)cc2)nc(NCCc2ccccc2)n1. The van der Waals surface area contributed by atoms with Crippen LogP contribution in [0.25, 0.3) is 0 Å². The molecule has 0 unspecified atom stereocenters. The van der Waals surface area contributed by atoms with Crippen LogP contribution in [0.5, 0.6) is 0 Å². The van der Waals surface area contributed by atoms with Crippen molar-refractivity contribution in [1.29, 1.82) is 0 Å². The average molecular weight is 339 g/mol. The Morgan fingerprint density at radius 1 is 0.958 bits per heavy atom. The number of rotatable bonds is 6. The van der Waals surface area contributed by atoms with Crippen molar-refractivity contribution in [1.82, 2.24) is 9.97 Å². The van der Waals surface area contributed by atoms with Crippen LogP contribution in [0.3, 0.4) is 0 Å². The number of nitrogens with zero attached hydrogens (tertiary/aromatic N) is 2. The second kappa shape index (κ2) is 7.79. The van der Waals surface area contributed by atoms with E-state index in [4.69, 9.17) is 11.6 Å². The fourth-order valence-corrected chi connectivity index (χ4v) is 2.48. The largest absolute Gasteiger partial charge is 0.354 e. The van der Waals surface area contributed by atoms with Crippen LogP contribution in [0.2, 0.25) is 5.02 Å². The maximum atomic E-state index is 5.91. The molecule has 0 amide bonds. The van der Waals surface area contributed by atoms with E-state index in [1.807, 2.05) is 55.5 Å². The van der Waals surface area contributed by atoms with Crippen LogP contribution in [0.15, 0.2) is 60.7 Å². The molecule has 2 N–H and O–H groups in total. The lowest BCUT2D eigenvalue weighted by Gasteiger charge is -2.10. The first-order valence-electron chi connectivity index (χ1n) is 7.85. The normalized spacial score (nSPS) is 10.4. The molecule has 0 aliphatic carbocycles. The molecule has 0 spiro atoms. The van der Waals surface area contributed by atoms with Crippen LogP contribution in [0, 0.1) is 6.92 Å². The van der Waals surface area contributed by atoms with Gasteiger partial charge in [-0.2, -0.15) is 4.98 Å². The zero-order valence-electron chi connectivity index (χ0n) is 13.5. The molecule has 5 heteroatoms. The van der Waals surface area contributed by atoms with Crippen LogP contribution < -0.4 is 10.6 Å². The number of benzene rings is 2. The van der Waals surface area contributed by atoms with Gasteiger partial charge in [0.05, 0.1) is 0 Å². The van der Waals surface area contributed by atoms with Crippen LogP contribution >= 0.6 is 11.6 Å². The van der Waals surface area contributed by atoms with E-state index in [-0.39, 0.29) is 0 Å². The Labute approximate surface area is 146 Å². The van der Waals surface area contributed by atoms with Crippen LogP contribution in [0.1, 0.15) is 11.3 Å². The molecule has 2 aromatic carbocycles. The molecule has 122 valence electrons. The highest BCUT2D eigenvalue weighted by atomic mass is 35.5. The Hall–Kier alpha value is -2.59. The van der Waals surface area contributed by atoms with E-state index in [1.54, 1.807) is 0 Å². The molecule has 0 bridgehead atoms. The highest BCUT2D eigenvalue weighted by molar-refractivity contribution is 6.30. The van der Waals surface area contributed by atoms with Gasteiger partial charge in [0.1, 0.15) is 5.82 Å². The molecule has 3 rings (SSSR count). The summed E-state index contributed by atoms with van der Waals surface area (Å²) < 4.78 is 0. The van der Waals surface area contributed by atoms with E-state index >= 15 is 0 Å². The Bertz CT molecular complexity index is 788. The summed E-state index contributed by atoms with van der Waals surface area (Å²) >= 11 is 5.91. The highest BCUT2D eigenvalue weighted by Gasteiger charge is 2.03. The van der Waals surface area contributed by atoms with E-state index in [1.165, 1.54) is 5.56 Å². The van der Waals surface area contributed by atoms with Gasteiger partial charge in [0.2, 0.25) is 5.95 Å². The Balaban J connectivity index is 1.64. The molecule has 0 aliphatic rings. The molecule has 0 aliphatic heterocycles. The van der Waals surface area contributed by atoms with E-state index < -0.39 is 0 Å². The number of hydrogen-bond donors (Lipinski definition) is 2. The third kappa shape index (κ3) is 4.70. The van der Waals surface area contributed by atoms with Crippen molar-refractivity contribution in [3.8, 4) is 0 Å². The van der Waals surface area contributed by atoms with Gasteiger partial charge >= 0.3 is 0 Å². The minimum absolute atomic E-state index is 0.627. The fraction of sp³-hybridized carbons (Fsp3) is 0.158. The Morgan fingerprint density at radius 2 is 1.71 bits per heavy atom. The molecule has 0 radical (unpaired) electrons. The second-order valence-electron chi connectivity index (χ2n) is 5.51. The van der Waals surface area contributed by atoms with Gasteiger partial charge < -0.3 is 10.6 Å². The molecule has 0 fully saturated rings. The van der Waals surface area contributed by atoms with Crippen molar-refractivity contribution in [3.63, 3.8) is 0 Å². The summed E-state index contributed by atoms with van der Waals surface area (Å²) in [6.45, 7) is 2.74. The first kappa shape index (κ1) is 16.3. The number of hydrogen-bond acceptors (Lipinski definition) is 4. The lowest BCUT2D eigenvalue weighted by molar-refractivity contribution is 0.976. The molecule has 1 heterocycles. The van der Waals surface area contributed by atoms with Gasteiger partial charge in [0.25, 0.3) is 0 Å². The number of aryl methyl sites for hydroxylation is 1. The molecular weight excluding hydrogens is 320 g/mol. The zero-order chi connectivity index (χ0) is 16.8. The van der Waals surface area contributed by atoms with Crippen molar-refractivity contribution in [3.05, 3.63) is 76.9 Å². The molecule has 4 nitrogen and oxygen atoms in total. The molecule has 0 atom stereocenters. The maximum absolute atomic E-state index is 5.91. The summed E-state index contributed by atoms with van der Waals surface area (Å²) in [5.74, 6) is 1.38. The molecule has 24 heavy (non-hydrogen) atoms. The van der Waals surface area contributed by atoms with Gasteiger partial charge in [-0.3, -0.25) is 0 Å². The lowest BCUT2D eigenvalue weighted by atomic mass is 10.1. The minimum Gasteiger partial charge on any atom is -0.354 e. The predicted molar refractivity (Wildman–Crippen MR) is 100 cm³/mol. The Morgan fingerprint density at radius 3 is 2.46 bits per heavy atom. The van der Waals surface area contributed by atoms with E-state index in [0.717, 1.165) is 30.2 Å². The van der Waals surface area contributed by atoms with Crippen molar-refractivity contribution in [2.45, 2.75) is 13.3 Å². The van der Waals surface area contributed by atoms with Gasteiger partial charge in [-0.1, -0.05) is 41.9 Å². The summed E-state index contributed by atoms with van der Waals surface area (Å²) in [6, 6.07) is 19.8. The van der Waals surface area contributed by atoms with Crippen LogP contribution in [-0.4, -0.2) is 16.5 Å². The molecule has 0 saturated heterocycles.